The zero-order chi connectivity index (χ0) is 18.9. The molecular formula is C21H25NO3S. The number of ether oxygens (including phenoxy) is 1. The second-order valence-corrected chi connectivity index (χ2v) is 6.51. The minimum Gasteiger partial charge on any atom is -0.510 e. The van der Waals surface area contributed by atoms with Crippen molar-refractivity contribution in [3.63, 3.8) is 0 Å². The van der Waals surface area contributed by atoms with Gasteiger partial charge in [0.2, 0.25) is 0 Å². The number of esters is 1. The van der Waals surface area contributed by atoms with Gasteiger partial charge in [-0.15, -0.1) is 0 Å². The van der Waals surface area contributed by atoms with Crippen LogP contribution in [-0.4, -0.2) is 28.5 Å². The molecule has 26 heavy (non-hydrogen) atoms. The first-order chi connectivity index (χ1) is 12.7. The average Bonchev–Trinajstić information content (AvgIpc) is 3.03. The Kier molecular flexibility index (Phi) is 7.73. The van der Waals surface area contributed by atoms with E-state index in [-0.39, 0.29) is 11.3 Å². The fourth-order valence-electron chi connectivity index (χ4n) is 2.44. The van der Waals surface area contributed by atoms with E-state index < -0.39 is 5.97 Å². The minimum atomic E-state index is -0.495. The number of carbonyl (C=O) groups is 1. The van der Waals surface area contributed by atoms with Crippen LogP contribution in [0.4, 0.5) is 5.69 Å². The highest BCUT2D eigenvalue weighted by Crippen LogP contribution is 2.31. The number of unbranched alkanes of at least 4 members (excludes halogenated alkanes) is 1. The SMILES string of the molecule is CC.CCCCOC(=O)C1=C(O)CSC1=Nc1ccc2ccccc2c1. The molecule has 0 aliphatic carbocycles. The van der Waals surface area contributed by atoms with Gasteiger partial charge in [-0.1, -0.05) is 69.3 Å². The van der Waals surface area contributed by atoms with Gasteiger partial charge >= 0.3 is 5.97 Å². The first-order valence-corrected chi connectivity index (χ1v) is 9.97. The maximum Gasteiger partial charge on any atom is 0.344 e. The number of rotatable bonds is 5. The number of aliphatic hydroxyl groups excluding tert-OH is 1. The van der Waals surface area contributed by atoms with Crippen LogP contribution in [-0.2, 0) is 9.53 Å². The molecule has 0 amide bonds. The smallest absolute Gasteiger partial charge is 0.344 e. The van der Waals surface area contributed by atoms with Gasteiger partial charge in [0.05, 0.1) is 18.0 Å². The molecule has 0 spiro atoms. The first kappa shape index (κ1) is 20.0. The molecule has 5 heteroatoms. The molecule has 138 valence electrons. The van der Waals surface area contributed by atoms with Crippen LogP contribution in [0.15, 0.2) is 58.8 Å². The van der Waals surface area contributed by atoms with E-state index in [1.54, 1.807) is 0 Å². The molecule has 1 heterocycles. The third-order valence-electron chi connectivity index (χ3n) is 3.75. The Balaban J connectivity index is 0.00000117. The molecule has 0 aromatic heterocycles. The van der Waals surface area contributed by atoms with E-state index in [0.29, 0.717) is 17.4 Å². The number of benzene rings is 2. The van der Waals surface area contributed by atoms with Crippen LogP contribution in [0.5, 0.6) is 0 Å². The molecule has 0 saturated carbocycles. The molecule has 2 aromatic rings. The summed E-state index contributed by atoms with van der Waals surface area (Å²) >= 11 is 1.35. The lowest BCUT2D eigenvalue weighted by Crippen LogP contribution is -2.13. The van der Waals surface area contributed by atoms with E-state index in [1.165, 1.54) is 11.8 Å². The highest BCUT2D eigenvalue weighted by Gasteiger charge is 2.29. The largest absolute Gasteiger partial charge is 0.510 e. The van der Waals surface area contributed by atoms with Gasteiger partial charge in [0, 0.05) is 0 Å². The number of fused-ring (bicyclic) bond motifs is 1. The van der Waals surface area contributed by atoms with Gasteiger partial charge < -0.3 is 9.84 Å². The Morgan fingerprint density at radius 2 is 1.92 bits per heavy atom. The fraction of sp³-hybridized carbons (Fsp3) is 0.333. The normalized spacial score (nSPS) is 15.1. The third-order valence-corrected chi connectivity index (χ3v) is 4.73. The van der Waals surface area contributed by atoms with E-state index in [2.05, 4.69) is 4.99 Å². The number of nitrogens with zero attached hydrogens (tertiary/aromatic N) is 1. The van der Waals surface area contributed by atoms with Crippen LogP contribution >= 0.6 is 11.8 Å². The summed E-state index contributed by atoms with van der Waals surface area (Å²) in [5, 5.41) is 12.8. The van der Waals surface area contributed by atoms with Crippen molar-refractivity contribution >= 4 is 39.2 Å². The zero-order valence-corrected chi connectivity index (χ0v) is 16.3. The molecular weight excluding hydrogens is 346 g/mol. The summed E-state index contributed by atoms with van der Waals surface area (Å²) in [6.45, 7) is 6.39. The molecule has 2 aromatic carbocycles. The van der Waals surface area contributed by atoms with Crippen molar-refractivity contribution in [1.82, 2.24) is 0 Å². The zero-order valence-electron chi connectivity index (χ0n) is 15.5. The molecule has 1 aliphatic heterocycles. The van der Waals surface area contributed by atoms with Crippen LogP contribution < -0.4 is 0 Å². The number of hydrogen-bond donors (Lipinski definition) is 1. The van der Waals surface area contributed by atoms with Gasteiger partial charge in [0.1, 0.15) is 16.4 Å². The minimum absolute atomic E-state index is 0.0426. The maximum absolute atomic E-state index is 12.2. The molecule has 0 atom stereocenters. The van der Waals surface area contributed by atoms with Crippen molar-refractivity contribution in [3.8, 4) is 0 Å². The number of hydrogen-bond acceptors (Lipinski definition) is 5. The van der Waals surface area contributed by atoms with Crippen LogP contribution in [0, 0.1) is 0 Å². The van der Waals surface area contributed by atoms with Crippen LogP contribution in [0.3, 0.4) is 0 Å². The third kappa shape index (κ3) is 4.88. The van der Waals surface area contributed by atoms with Crippen LogP contribution in [0.25, 0.3) is 10.8 Å². The average molecular weight is 372 g/mol. The summed E-state index contributed by atoms with van der Waals surface area (Å²) in [6.07, 6.45) is 1.76. The van der Waals surface area contributed by atoms with Crippen molar-refractivity contribution in [3.05, 3.63) is 53.8 Å². The van der Waals surface area contributed by atoms with Gasteiger partial charge in [-0.2, -0.15) is 0 Å². The molecule has 1 aliphatic rings. The Bertz CT molecular complexity index is 827. The van der Waals surface area contributed by atoms with E-state index in [0.717, 1.165) is 29.3 Å². The monoisotopic (exact) mass is 371 g/mol. The van der Waals surface area contributed by atoms with Crippen molar-refractivity contribution in [2.45, 2.75) is 33.6 Å². The number of carbonyl (C=O) groups excluding carboxylic acids is 1. The van der Waals surface area contributed by atoms with Gasteiger partial charge in [0.15, 0.2) is 0 Å². The van der Waals surface area contributed by atoms with Gasteiger partial charge in [-0.3, -0.25) is 0 Å². The van der Waals surface area contributed by atoms with Crippen LogP contribution in [0.1, 0.15) is 33.6 Å². The van der Waals surface area contributed by atoms with Gasteiger partial charge in [-0.25, -0.2) is 9.79 Å². The Hall–Kier alpha value is -2.27. The van der Waals surface area contributed by atoms with E-state index in [4.69, 9.17) is 4.74 Å². The summed E-state index contributed by atoms with van der Waals surface area (Å²) in [5.41, 5.74) is 0.953. The van der Waals surface area contributed by atoms with Crippen molar-refractivity contribution in [2.24, 2.45) is 4.99 Å². The summed E-state index contributed by atoms with van der Waals surface area (Å²) in [5.74, 6) is -0.100. The first-order valence-electron chi connectivity index (χ1n) is 8.99. The Morgan fingerprint density at radius 1 is 1.19 bits per heavy atom. The molecule has 4 nitrogen and oxygen atoms in total. The highest BCUT2D eigenvalue weighted by molar-refractivity contribution is 8.15. The van der Waals surface area contributed by atoms with Crippen molar-refractivity contribution in [1.29, 1.82) is 0 Å². The lowest BCUT2D eigenvalue weighted by Gasteiger charge is -2.06. The Labute approximate surface area is 159 Å². The topological polar surface area (TPSA) is 58.9 Å². The van der Waals surface area contributed by atoms with Gasteiger partial charge in [0.25, 0.3) is 0 Å². The summed E-state index contributed by atoms with van der Waals surface area (Å²) < 4.78 is 5.22. The number of aliphatic hydroxyl groups is 1. The van der Waals surface area contributed by atoms with Crippen molar-refractivity contribution < 1.29 is 14.6 Å². The summed E-state index contributed by atoms with van der Waals surface area (Å²) in [6, 6.07) is 13.9. The molecule has 0 fully saturated rings. The standard InChI is InChI=1S/C19H19NO3S.C2H6/c1-2-3-10-23-19(22)17-16(21)12-24-18(17)20-15-9-8-13-6-4-5-7-14(13)11-15;1-2/h4-9,11,21H,2-3,10,12H2,1H3;1-2H3. The van der Waals surface area contributed by atoms with Crippen molar-refractivity contribution in [2.75, 3.05) is 12.4 Å². The second-order valence-electron chi connectivity index (χ2n) is 5.55. The predicted octanol–water partition coefficient (Wildman–Crippen LogP) is 5.80. The predicted molar refractivity (Wildman–Crippen MR) is 110 cm³/mol. The summed E-state index contributed by atoms with van der Waals surface area (Å²) in [4.78, 5) is 16.8. The number of aliphatic imine (C=N–C) groups is 1. The lowest BCUT2D eigenvalue weighted by molar-refractivity contribution is -0.138. The van der Waals surface area contributed by atoms with Gasteiger partial charge in [-0.05, 0) is 29.3 Å². The lowest BCUT2D eigenvalue weighted by atomic mass is 10.1. The number of thioether (sulfide) groups is 1. The Morgan fingerprint density at radius 3 is 2.65 bits per heavy atom. The molecule has 1 N–H and O–H groups in total. The second kappa shape index (κ2) is 10.0. The molecule has 3 rings (SSSR count). The maximum atomic E-state index is 12.2. The molecule has 0 bridgehead atoms. The molecule has 0 saturated heterocycles. The van der Waals surface area contributed by atoms with E-state index in [1.807, 2.05) is 63.2 Å². The molecule has 0 unspecified atom stereocenters. The quantitative estimate of drug-likeness (QED) is 0.533. The van der Waals surface area contributed by atoms with E-state index in [9.17, 15) is 9.90 Å². The summed E-state index contributed by atoms with van der Waals surface area (Å²) in [7, 11) is 0. The van der Waals surface area contributed by atoms with E-state index >= 15 is 0 Å². The highest BCUT2D eigenvalue weighted by atomic mass is 32.2. The van der Waals surface area contributed by atoms with Crippen LogP contribution in [0.2, 0.25) is 0 Å². The fourth-order valence-corrected chi connectivity index (χ4v) is 3.38. The molecule has 0 radical (unpaired) electrons.